The molecule has 1 rings (SSSR count). The number of nitrogens with two attached hydrogens (primary N) is 1. The molecule has 1 aromatic rings. The lowest BCUT2D eigenvalue weighted by molar-refractivity contribution is 0.411. The first-order valence-corrected chi connectivity index (χ1v) is 6.43. The summed E-state index contributed by atoms with van der Waals surface area (Å²) in [4.78, 5) is 0. The van der Waals surface area contributed by atoms with E-state index < -0.39 is 0 Å². The van der Waals surface area contributed by atoms with Crippen LogP contribution in [0.25, 0.3) is 0 Å². The van der Waals surface area contributed by atoms with Crippen molar-refractivity contribution in [2.45, 2.75) is 32.7 Å². The molecule has 1 aromatic carbocycles. The number of hydrogen-bond donors (Lipinski definition) is 1. The highest BCUT2D eigenvalue weighted by Crippen LogP contribution is 2.29. The topological polar surface area (TPSA) is 35.2 Å². The Morgan fingerprint density at radius 3 is 2.41 bits per heavy atom. The van der Waals surface area contributed by atoms with Crippen molar-refractivity contribution >= 4 is 28.3 Å². The Bertz CT molecular complexity index is 344. The molecule has 0 saturated carbocycles. The molecule has 0 aromatic heterocycles. The Morgan fingerprint density at radius 1 is 1.29 bits per heavy atom. The minimum atomic E-state index is 0. The summed E-state index contributed by atoms with van der Waals surface area (Å²) in [6.07, 6.45) is 2.18. The maximum Gasteiger partial charge on any atom is 0.133 e. The molecule has 2 nitrogen and oxygen atoms in total. The van der Waals surface area contributed by atoms with Crippen molar-refractivity contribution in [2.24, 2.45) is 11.7 Å². The molecule has 98 valence electrons. The minimum absolute atomic E-state index is 0. The lowest BCUT2D eigenvalue weighted by atomic mass is 9.98. The zero-order chi connectivity index (χ0) is 12.1. The number of halogens is 2. The summed E-state index contributed by atoms with van der Waals surface area (Å²) in [7, 11) is 1.67. The van der Waals surface area contributed by atoms with Crippen LogP contribution in [0.3, 0.4) is 0 Å². The minimum Gasteiger partial charge on any atom is -0.496 e. The van der Waals surface area contributed by atoms with Gasteiger partial charge in [-0.15, -0.1) is 12.4 Å². The third-order valence-electron chi connectivity index (χ3n) is 2.66. The zero-order valence-electron chi connectivity index (χ0n) is 10.6. The van der Waals surface area contributed by atoms with E-state index in [1.807, 2.05) is 18.2 Å². The van der Waals surface area contributed by atoms with Crippen LogP contribution in [0, 0.1) is 5.92 Å². The first kappa shape index (κ1) is 16.8. The zero-order valence-corrected chi connectivity index (χ0v) is 13.0. The second-order valence-corrected chi connectivity index (χ2v) is 5.33. The van der Waals surface area contributed by atoms with E-state index in [1.165, 1.54) is 0 Å². The number of hydrogen-bond acceptors (Lipinski definition) is 2. The molecule has 0 heterocycles. The van der Waals surface area contributed by atoms with Gasteiger partial charge >= 0.3 is 0 Å². The third kappa shape index (κ3) is 5.28. The maximum absolute atomic E-state index is 6.14. The Labute approximate surface area is 118 Å². The highest BCUT2D eigenvalue weighted by atomic mass is 79.9. The van der Waals surface area contributed by atoms with Crippen molar-refractivity contribution in [3.05, 3.63) is 28.2 Å². The second kappa shape index (κ2) is 7.96. The van der Waals surface area contributed by atoms with Gasteiger partial charge in [-0.05, 0) is 52.4 Å². The van der Waals surface area contributed by atoms with E-state index >= 15 is 0 Å². The van der Waals surface area contributed by atoms with Crippen molar-refractivity contribution < 1.29 is 4.74 Å². The Kier molecular flexibility index (Phi) is 7.84. The second-order valence-electron chi connectivity index (χ2n) is 4.47. The predicted octanol–water partition coefficient (Wildman–Crippen LogP) is 4.32. The SMILES string of the molecule is COc1ccc([C@@H](N)CCC(C)C)cc1Br.Cl. The van der Waals surface area contributed by atoms with Crippen molar-refractivity contribution in [2.75, 3.05) is 7.11 Å². The summed E-state index contributed by atoms with van der Waals surface area (Å²) >= 11 is 3.48. The maximum atomic E-state index is 6.14. The molecule has 4 heteroatoms. The molecule has 0 bridgehead atoms. The van der Waals surface area contributed by atoms with E-state index in [1.54, 1.807) is 7.11 Å². The van der Waals surface area contributed by atoms with Crippen molar-refractivity contribution in [1.29, 1.82) is 0 Å². The summed E-state index contributed by atoms with van der Waals surface area (Å²) in [6, 6.07) is 6.15. The highest BCUT2D eigenvalue weighted by molar-refractivity contribution is 9.10. The first-order chi connectivity index (χ1) is 7.54. The van der Waals surface area contributed by atoms with Crippen LogP contribution in [-0.2, 0) is 0 Å². The molecule has 0 aliphatic heterocycles. The molecule has 0 radical (unpaired) electrons. The van der Waals surface area contributed by atoms with Crippen molar-refractivity contribution in [3.8, 4) is 5.75 Å². The molecule has 0 saturated heterocycles. The normalized spacial score (nSPS) is 12.1. The smallest absolute Gasteiger partial charge is 0.133 e. The van der Waals surface area contributed by atoms with E-state index in [4.69, 9.17) is 10.5 Å². The first-order valence-electron chi connectivity index (χ1n) is 5.63. The molecule has 17 heavy (non-hydrogen) atoms. The predicted molar refractivity (Wildman–Crippen MR) is 78.9 cm³/mol. The van der Waals surface area contributed by atoms with E-state index in [9.17, 15) is 0 Å². The van der Waals surface area contributed by atoms with Gasteiger partial charge in [-0.2, -0.15) is 0 Å². The van der Waals surface area contributed by atoms with Gasteiger partial charge in [0.2, 0.25) is 0 Å². The number of rotatable bonds is 5. The molecular formula is C13H21BrClNO. The van der Waals surface area contributed by atoms with Gasteiger partial charge in [-0.1, -0.05) is 19.9 Å². The Morgan fingerprint density at radius 2 is 1.94 bits per heavy atom. The number of ether oxygens (including phenoxy) is 1. The summed E-state index contributed by atoms with van der Waals surface area (Å²) in [6.45, 7) is 4.44. The fraction of sp³-hybridized carbons (Fsp3) is 0.538. The van der Waals surface area contributed by atoms with Crippen molar-refractivity contribution in [3.63, 3.8) is 0 Å². The number of benzene rings is 1. The average Bonchev–Trinajstić information content (AvgIpc) is 2.25. The molecular weight excluding hydrogens is 302 g/mol. The van der Waals surface area contributed by atoms with Gasteiger partial charge in [0.1, 0.15) is 5.75 Å². The fourth-order valence-corrected chi connectivity index (χ4v) is 2.15. The molecule has 0 fully saturated rings. The van der Waals surface area contributed by atoms with Gasteiger partial charge in [-0.3, -0.25) is 0 Å². The van der Waals surface area contributed by atoms with E-state index in [0.717, 1.165) is 28.6 Å². The van der Waals surface area contributed by atoms with Gasteiger partial charge in [0.05, 0.1) is 11.6 Å². The third-order valence-corrected chi connectivity index (χ3v) is 3.28. The molecule has 0 unspecified atom stereocenters. The fourth-order valence-electron chi connectivity index (χ4n) is 1.59. The quantitative estimate of drug-likeness (QED) is 0.876. The van der Waals surface area contributed by atoms with Crippen LogP contribution >= 0.6 is 28.3 Å². The molecule has 0 aliphatic carbocycles. The van der Waals surface area contributed by atoms with Gasteiger partial charge in [0, 0.05) is 6.04 Å². The summed E-state index contributed by atoms with van der Waals surface area (Å²) in [5.74, 6) is 1.55. The van der Waals surface area contributed by atoms with E-state index in [2.05, 4.69) is 29.8 Å². The van der Waals surface area contributed by atoms with Crippen molar-refractivity contribution in [1.82, 2.24) is 0 Å². The average molecular weight is 323 g/mol. The Hall–Kier alpha value is -0.250. The molecule has 0 aliphatic rings. The van der Waals surface area contributed by atoms with E-state index in [-0.39, 0.29) is 18.4 Å². The van der Waals surface area contributed by atoms with Crippen LogP contribution in [-0.4, -0.2) is 7.11 Å². The largest absolute Gasteiger partial charge is 0.496 e. The van der Waals surface area contributed by atoms with Gasteiger partial charge in [0.15, 0.2) is 0 Å². The summed E-state index contributed by atoms with van der Waals surface area (Å²) < 4.78 is 6.16. The van der Waals surface area contributed by atoms with Crippen LogP contribution in [0.5, 0.6) is 5.75 Å². The van der Waals surface area contributed by atoms with Gasteiger partial charge in [0.25, 0.3) is 0 Å². The van der Waals surface area contributed by atoms with Crippen LogP contribution in [0.4, 0.5) is 0 Å². The van der Waals surface area contributed by atoms with E-state index in [0.29, 0.717) is 5.92 Å². The molecule has 2 N–H and O–H groups in total. The van der Waals surface area contributed by atoms with Crippen LogP contribution in [0.2, 0.25) is 0 Å². The Balaban J connectivity index is 0.00000256. The number of methoxy groups -OCH3 is 1. The van der Waals surface area contributed by atoms with Crippen LogP contribution in [0.15, 0.2) is 22.7 Å². The monoisotopic (exact) mass is 321 g/mol. The molecule has 0 spiro atoms. The standard InChI is InChI=1S/C13H20BrNO.ClH/c1-9(2)4-6-12(15)10-5-7-13(16-3)11(14)8-10;/h5,7-9,12H,4,6,15H2,1-3H3;1H/t12-;/m0./s1. The lowest BCUT2D eigenvalue weighted by Crippen LogP contribution is -2.11. The highest BCUT2D eigenvalue weighted by Gasteiger charge is 2.09. The molecule has 0 amide bonds. The lowest BCUT2D eigenvalue weighted by Gasteiger charge is -2.14. The van der Waals surface area contributed by atoms with Gasteiger partial charge in [-0.25, -0.2) is 0 Å². The van der Waals surface area contributed by atoms with Crippen LogP contribution < -0.4 is 10.5 Å². The van der Waals surface area contributed by atoms with Crippen LogP contribution in [0.1, 0.15) is 38.3 Å². The molecule has 1 atom stereocenters. The summed E-state index contributed by atoms with van der Waals surface area (Å²) in [5.41, 5.74) is 7.30. The van der Waals surface area contributed by atoms with Gasteiger partial charge < -0.3 is 10.5 Å². The summed E-state index contributed by atoms with van der Waals surface area (Å²) in [5, 5.41) is 0.